The second-order valence-electron chi connectivity index (χ2n) is 3.26. The van der Waals surface area contributed by atoms with Crippen LogP contribution in [0.15, 0.2) is 34.2 Å². The second-order valence-corrected chi connectivity index (χ2v) is 4.23. The van der Waals surface area contributed by atoms with Crippen LogP contribution in [0.2, 0.25) is 0 Å². The van der Waals surface area contributed by atoms with Crippen molar-refractivity contribution in [2.45, 2.75) is 24.1 Å². The van der Waals surface area contributed by atoms with Crippen molar-refractivity contribution in [1.82, 2.24) is 9.97 Å². The van der Waals surface area contributed by atoms with Crippen LogP contribution in [-0.2, 0) is 12.2 Å². The Kier molecular flexibility index (Phi) is 3.46. The molecule has 0 unspecified atom stereocenters. The molecule has 0 aliphatic rings. The van der Waals surface area contributed by atoms with Gasteiger partial charge < -0.3 is 10.2 Å². The first kappa shape index (κ1) is 11.0. The molecule has 84 valence electrons. The van der Waals surface area contributed by atoms with Crippen molar-refractivity contribution in [2.75, 3.05) is 5.73 Å². The maximum Gasteiger partial charge on any atom is 0.131 e. The lowest BCUT2D eigenvalue weighted by Gasteiger charge is -2.06. The lowest BCUT2D eigenvalue weighted by Crippen LogP contribution is -2.00. The summed E-state index contributed by atoms with van der Waals surface area (Å²) >= 11 is 1.62. The van der Waals surface area contributed by atoms with E-state index >= 15 is 0 Å². The number of nitrogen functional groups attached to an aromatic ring is 1. The Morgan fingerprint density at radius 2 is 2.31 bits per heavy atom. The third-order valence-electron chi connectivity index (χ3n) is 2.22. The molecular formula is C11H13N3OS. The van der Waals surface area contributed by atoms with Gasteiger partial charge in [0.15, 0.2) is 0 Å². The van der Waals surface area contributed by atoms with E-state index in [2.05, 4.69) is 9.97 Å². The van der Waals surface area contributed by atoms with Crippen molar-refractivity contribution in [3.05, 3.63) is 36.0 Å². The summed E-state index contributed by atoms with van der Waals surface area (Å²) in [5.41, 5.74) is 6.81. The first-order chi connectivity index (χ1) is 7.81. The van der Waals surface area contributed by atoms with Gasteiger partial charge in [-0.15, -0.1) is 0 Å². The van der Waals surface area contributed by atoms with Crippen LogP contribution in [0, 0.1) is 0 Å². The fourth-order valence-electron chi connectivity index (χ4n) is 1.40. The van der Waals surface area contributed by atoms with Crippen molar-refractivity contribution in [3.63, 3.8) is 0 Å². The molecule has 0 atom stereocenters. The quantitative estimate of drug-likeness (QED) is 0.651. The zero-order chi connectivity index (χ0) is 11.4. The summed E-state index contributed by atoms with van der Waals surface area (Å²) in [7, 11) is 0. The van der Waals surface area contributed by atoms with Crippen molar-refractivity contribution >= 4 is 17.6 Å². The van der Waals surface area contributed by atoms with E-state index in [1.807, 2.05) is 19.1 Å². The van der Waals surface area contributed by atoms with Crippen LogP contribution >= 0.6 is 11.8 Å². The van der Waals surface area contributed by atoms with Crippen LogP contribution in [0.3, 0.4) is 0 Å². The van der Waals surface area contributed by atoms with E-state index in [-0.39, 0.29) is 0 Å². The Morgan fingerprint density at radius 1 is 1.44 bits per heavy atom. The van der Waals surface area contributed by atoms with Gasteiger partial charge in [-0.3, -0.25) is 0 Å². The molecule has 5 heteroatoms. The van der Waals surface area contributed by atoms with Gasteiger partial charge in [0.2, 0.25) is 0 Å². The molecule has 2 aromatic rings. The number of hydrogen-bond acceptors (Lipinski definition) is 5. The number of hydrogen-bond donors (Lipinski definition) is 1. The largest absolute Gasteiger partial charge is 0.468 e. The average Bonchev–Trinajstić information content (AvgIpc) is 2.79. The van der Waals surface area contributed by atoms with Gasteiger partial charge >= 0.3 is 0 Å². The SMILES string of the molecule is CCc1c(N)ncnc1SCc1ccco1. The topological polar surface area (TPSA) is 64.9 Å². The molecule has 0 spiro atoms. The van der Waals surface area contributed by atoms with Gasteiger partial charge in [0.1, 0.15) is 22.9 Å². The molecule has 0 saturated heterocycles. The molecule has 4 nitrogen and oxygen atoms in total. The van der Waals surface area contributed by atoms with E-state index in [1.165, 1.54) is 6.33 Å². The monoisotopic (exact) mass is 235 g/mol. The molecule has 2 N–H and O–H groups in total. The van der Waals surface area contributed by atoms with Crippen LogP contribution in [0.1, 0.15) is 18.2 Å². The van der Waals surface area contributed by atoms with Crippen LogP contribution in [0.4, 0.5) is 5.82 Å². The summed E-state index contributed by atoms with van der Waals surface area (Å²) in [6.07, 6.45) is 4.01. The average molecular weight is 235 g/mol. The molecule has 0 bridgehead atoms. The zero-order valence-corrected chi connectivity index (χ0v) is 9.83. The van der Waals surface area contributed by atoms with Gasteiger partial charge in [-0.05, 0) is 18.6 Å². The Morgan fingerprint density at radius 3 is 3.00 bits per heavy atom. The Bertz CT molecular complexity index is 456. The molecule has 0 fully saturated rings. The van der Waals surface area contributed by atoms with Crippen molar-refractivity contribution in [1.29, 1.82) is 0 Å². The fourth-order valence-corrected chi connectivity index (χ4v) is 2.39. The third kappa shape index (κ3) is 2.36. The van der Waals surface area contributed by atoms with Crippen LogP contribution < -0.4 is 5.73 Å². The minimum absolute atomic E-state index is 0.569. The van der Waals surface area contributed by atoms with E-state index in [0.29, 0.717) is 5.82 Å². The van der Waals surface area contributed by atoms with E-state index in [4.69, 9.17) is 10.2 Å². The van der Waals surface area contributed by atoms with Gasteiger partial charge in [0.05, 0.1) is 12.0 Å². The van der Waals surface area contributed by atoms with E-state index in [1.54, 1.807) is 18.0 Å². The highest BCUT2D eigenvalue weighted by molar-refractivity contribution is 7.98. The maximum atomic E-state index is 5.79. The lowest BCUT2D eigenvalue weighted by atomic mass is 10.2. The summed E-state index contributed by atoms with van der Waals surface area (Å²) in [6.45, 7) is 2.05. The van der Waals surface area contributed by atoms with Crippen LogP contribution in [-0.4, -0.2) is 9.97 Å². The summed E-state index contributed by atoms with van der Waals surface area (Å²) in [5, 5.41) is 0.936. The van der Waals surface area contributed by atoms with E-state index < -0.39 is 0 Å². The van der Waals surface area contributed by atoms with Gasteiger partial charge in [-0.1, -0.05) is 18.7 Å². The van der Waals surface area contributed by atoms with Gasteiger partial charge in [0, 0.05) is 5.56 Å². The molecule has 2 aromatic heterocycles. The first-order valence-corrected chi connectivity index (χ1v) is 6.04. The number of nitrogens with two attached hydrogens (primary N) is 1. The molecular weight excluding hydrogens is 222 g/mol. The van der Waals surface area contributed by atoms with Gasteiger partial charge in [-0.2, -0.15) is 0 Å². The Labute approximate surface area is 98.3 Å². The van der Waals surface area contributed by atoms with Crippen LogP contribution in [0.25, 0.3) is 0 Å². The lowest BCUT2D eigenvalue weighted by molar-refractivity contribution is 0.530. The fraction of sp³-hybridized carbons (Fsp3) is 0.273. The number of anilines is 1. The molecule has 0 aliphatic carbocycles. The molecule has 16 heavy (non-hydrogen) atoms. The smallest absolute Gasteiger partial charge is 0.131 e. The first-order valence-electron chi connectivity index (χ1n) is 5.05. The molecule has 0 radical (unpaired) electrons. The normalized spacial score (nSPS) is 10.6. The molecule has 0 aromatic carbocycles. The number of furan rings is 1. The summed E-state index contributed by atoms with van der Waals surface area (Å²) in [4.78, 5) is 8.23. The molecule has 2 heterocycles. The molecule has 0 saturated carbocycles. The van der Waals surface area contributed by atoms with Crippen molar-refractivity contribution in [2.24, 2.45) is 0 Å². The summed E-state index contributed by atoms with van der Waals surface area (Å²) in [5.74, 6) is 2.26. The van der Waals surface area contributed by atoms with Gasteiger partial charge in [-0.25, -0.2) is 9.97 Å². The zero-order valence-electron chi connectivity index (χ0n) is 9.01. The summed E-state index contributed by atoms with van der Waals surface area (Å²) in [6, 6.07) is 3.83. The van der Waals surface area contributed by atoms with E-state index in [0.717, 1.165) is 28.5 Å². The number of aromatic nitrogens is 2. The highest BCUT2D eigenvalue weighted by Crippen LogP contribution is 2.26. The highest BCUT2D eigenvalue weighted by atomic mass is 32.2. The third-order valence-corrected chi connectivity index (χ3v) is 3.28. The van der Waals surface area contributed by atoms with Crippen molar-refractivity contribution < 1.29 is 4.42 Å². The predicted octanol–water partition coefficient (Wildman–Crippen LogP) is 2.51. The standard InChI is InChI=1S/C11H13N3OS/c1-2-9-10(12)13-7-14-11(9)16-6-8-4-3-5-15-8/h3-5,7H,2,6H2,1H3,(H2,12,13,14). The highest BCUT2D eigenvalue weighted by Gasteiger charge is 2.08. The molecule has 0 aliphatic heterocycles. The minimum atomic E-state index is 0.569. The minimum Gasteiger partial charge on any atom is -0.468 e. The number of thioether (sulfide) groups is 1. The Hall–Kier alpha value is -1.49. The number of rotatable bonds is 4. The van der Waals surface area contributed by atoms with Crippen molar-refractivity contribution in [3.8, 4) is 0 Å². The predicted molar refractivity (Wildman–Crippen MR) is 64.1 cm³/mol. The van der Waals surface area contributed by atoms with E-state index in [9.17, 15) is 0 Å². The molecule has 2 rings (SSSR count). The van der Waals surface area contributed by atoms with Crippen LogP contribution in [0.5, 0.6) is 0 Å². The Balaban J connectivity index is 2.12. The summed E-state index contributed by atoms with van der Waals surface area (Å²) < 4.78 is 5.26. The maximum absolute atomic E-state index is 5.79. The second kappa shape index (κ2) is 5.03. The molecule has 0 amide bonds. The number of nitrogens with zero attached hydrogens (tertiary/aromatic N) is 2. The van der Waals surface area contributed by atoms with Gasteiger partial charge in [0.25, 0.3) is 0 Å².